The molecule has 0 saturated carbocycles. The number of nitrogens with zero attached hydrogens (tertiary/aromatic N) is 1. The van der Waals surface area contributed by atoms with E-state index in [4.69, 9.17) is 15.3 Å². The SMILES string of the molecule is O=[N+]([O-])O.[NH4+]. The molecule has 0 aliphatic rings. The van der Waals surface area contributed by atoms with E-state index in [1.165, 1.54) is 0 Å². The summed E-state index contributed by atoms with van der Waals surface area (Å²) in [6, 6.07) is 0. The quantitative estimate of drug-likeness (QED) is 0.317. The third-order valence-electron chi connectivity index (χ3n) is 0. The molecule has 5 N–H and O–H groups in total. The van der Waals surface area contributed by atoms with Crippen LogP contribution in [0.4, 0.5) is 0 Å². The predicted octanol–water partition coefficient (Wildman–Crippen LogP) is 0.0285. The number of hydrogen-bond acceptors (Lipinski definition) is 2. The average molecular weight is 81.1 g/mol. The Kier molecular flexibility index (Phi) is 5.63. The van der Waals surface area contributed by atoms with Crippen LogP contribution in [0.2, 0.25) is 0 Å². The van der Waals surface area contributed by atoms with E-state index in [1.807, 2.05) is 0 Å². The van der Waals surface area contributed by atoms with Crippen molar-refractivity contribution >= 4 is 0 Å². The summed E-state index contributed by atoms with van der Waals surface area (Å²) in [5.41, 5.74) is 0. The van der Waals surface area contributed by atoms with Crippen molar-refractivity contribution < 1.29 is 10.3 Å². The van der Waals surface area contributed by atoms with Crippen LogP contribution in [0.1, 0.15) is 0 Å². The van der Waals surface area contributed by atoms with Crippen molar-refractivity contribution in [2.24, 2.45) is 0 Å². The zero-order valence-electron chi connectivity index (χ0n) is 2.71. The molecular weight excluding hydrogens is 76.0 g/mol. The van der Waals surface area contributed by atoms with Gasteiger partial charge in [0.2, 0.25) is 0 Å². The van der Waals surface area contributed by atoms with Crippen molar-refractivity contribution in [1.82, 2.24) is 6.15 Å². The van der Waals surface area contributed by atoms with Crippen LogP contribution in [-0.2, 0) is 0 Å². The first-order chi connectivity index (χ1) is 1.73. The molecule has 0 bridgehead atoms. The van der Waals surface area contributed by atoms with Crippen LogP contribution in [0.15, 0.2) is 0 Å². The Bertz CT molecular complexity index is 27.9. The van der Waals surface area contributed by atoms with Crippen molar-refractivity contribution in [2.75, 3.05) is 0 Å². The Morgan fingerprint density at radius 2 is 1.80 bits per heavy atom. The lowest BCUT2D eigenvalue weighted by Gasteiger charge is -1.56. The van der Waals surface area contributed by atoms with Gasteiger partial charge in [-0.3, -0.25) is 0 Å². The third-order valence-corrected chi connectivity index (χ3v) is 0. The molecule has 0 fully saturated rings. The van der Waals surface area contributed by atoms with E-state index in [0.29, 0.717) is 0 Å². The van der Waals surface area contributed by atoms with Crippen molar-refractivity contribution in [1.29, 1.82) is 0 Å². The molecule has 0 amide bonds. The van der Waals surface area contributed by atoms with Gasteiger partial charge in [0, 0.05) is 0 Å². The highest BCUT2D eigenvalue weighted by atomic mass is 16.9. The van der Waals surface area contributed by atoms with E-state index in [0.717, 1.165) is 0 Å². The van der Waals surface area contributed by atoms with E-state index in [2.05, 4.69) is 0 Å². The largest absolute Gasteiger partial charge is 0.369 e. The molecule has 0 heterocycles. The Morgan fingerprint density at radius 3 is 1.80 bits per heavy atom. The van der Waals surface area contributed by atoms with E-state index < -0.39 is 5.09 Å². The average Bonchev–Trinajstić information content (AvgIpc) is 0.811. The van der Waals surface area contributed by atoms with Crippen LogP contribution < -0.4 is 6.15 Å². The minimum Gasteiger partial charge on any atom is -0.369 e. The van der Waals surface area contributed by atoms with E-state index in [-0.39, 0.29) is 6.15 Å². The van der Waals surface area contributed by atoms with Gasteiger partial charge in [0.15, 0.2) is 0 Å². The lowest BCUT2D eigenvalue weighted by molar-refractivity contribution is -0.742. The van der Waals surface area contributed by atoms with Crippen LogP contribution in [0.3, 0.4) is 0 Å². The molecule has 32 valence electrons. The summed E-state index contributed by atoms with van der Waals surface area (Å²) in [5, 5.41) is 13.6. The monoisotopic (exact) mass is 81.0 g/mol. The molecular formula is H5N2O3+. The summed E-state index contributed by atoms with van der Waals surface area (Å²) in [6.45, 7) is 0. The Morgan fingerprint density at radius 1 is 1.80 bits per heavy atom. The summed E-state index contributed by atoms with van der Waals surface area (Å²) >= 11 is 0. The zero-order chi connectivity index (χ0) is 3.58. The maximum atomic E-state index is 8.36. The molecule has 5 nitrogen and oxygen atoms in total. The zero-order valence-corrected chi connectivity index (χ0v) is 2.71. The van der Waals surface area contributed by atoms with Crippen LogP contribution in [0.25, 0.3) is 0 Å². The summed E-state index contributed by atoms with van der Waals surface area (Å²) in [6.07, 6.45) is 0. The fourth-order valence-electron chi connectivity index (χ4n) is 0. The summed E-state index contributed by atoms with van der Waals surface area (Å²) in [4.78, 5) is 8.36. The van der Waals surface area contributed by atoms with Gasteiger partial charge in [0.05, 0.1) is 0 Å². The van der Waals surface area contributed by atoms with Crippen molar-refractivity contribution in [3.8, 4) is 0 Å². The van der Waals surface area contributed by atoms with Gasteiger partial charge in [-0.25, -0.2) is 0 Å². The van der Waals surface area contributed by atoms with Crippen LogP contribution in [0, 0.1) is 10.1 Å². The minimum atomic E-state index is -1.50. The minimum absolute atomic E-state index is 0. The first-order valence-electron chi connectivity index (χ1n) is 0.565. The third kappa shape index (κ3) is 6.03. The second-order valence-corrected chi connectivity index (χ2v) is 0.238. The van der Waals surface area contributed by atoms with Crippen LogP contribution >= 0.6 is 0 Å². The van der Waals surface area contributed by atoms with Gasteiger partial charge in [-0.1, -0.05) is 0 Å². The molecule has 0 atom stereocenters. The molecule has 0 radical (unpaired) electrons. The summed E-state index contributed by atoms with van der Waals surface area (Å²) in [5.74, 6) is 0. The van der Waals surface area contributed by atoms with Crippen molar-refractivity contribution in [3.63, 3.8) is 0 Å². The highest BCUT2D eigenvalue weighted by molar-refractivity contribution is 3.83. The topological polar surface area (TPSA) is 99.9 Å². The van der Waals surface area contributed by atoms with Crippen molar-refractivity contribution in [3.05, 3.63) is 10.1 Å². The summed E-state index contributed by atoms with van der Waals surface area (Å²) < 4.78 is 0. The smallest absolute Gasteiger partial charge is 0.291 e. The van der Waals surface area contributed by atoms with E-state index >= 15 is 0 Å². The van der Waals surface area contributed by atoms with Gasteiger partial charge in [-0.2, -0.15) is 0 Å². The normalized spacial score (nSPS) is 4.80. The summed E-state index contributed by atoms with van der Waals surface area (Å²) in [7, 11) is 0. The van der Waals surface area contributed by atoms with Crippen LogP contribution in [-0.4, -0.2) is 10.3 Å². The molecule has 5 heteroatoms. The van der Waals surface area contributed by atoms with Gasteiger partial charge >= 0.3 is 0 Å². The molecule has 0 spiro atoms. The fourth-order valence-corrected chi connectivity index (χ4v) is 0. The van der Waals surface area contributed by atoms with E-state index in [1.54, 1.807) is 0 Å². The molecule has 0 aromatic carbocycles. The highest BCUT2D eigenvalue weighted by Crippen LogP contribution is 1.38. The van der Waals surface area contributed by atoms with Gasteiger partial charge in [-0.15, -0.1) is 10.1 Å². The predicted molar refractivity (Wildman–Crippen MR) is 14.8 cm³/mol. The number of rotatable bonds is 0. The Labute approximate surface area is 27.9 Å². The molecule has 0 rings (SSSR count). The second kappa shape index (κ2) is 3.16. The van der Waals surface area contributed by atoms with E-state index in [9.17, 15) is 0 Å². The Balaban J connectivity index is 0. The first-order valence-corrected chi connectivity index (χ1v) is 0.565. The lowest BCUT2D eigenvalue weighted by atomic mass is 13.1. The molecule has 0 aromatic heterocycles. The van der Waals surface area contributed by atoms with Crippen LogP contribution in [0.5, 0.6) is 0 Å². The fraction of sp³-hybridized carbons (Fsp3) is 0. The molecule has 0 saturated heterocycles. The molecule has 0 aromatic rings. The second-order valence-electron chi connectivity index (χ2n) is 0.238. The maximum Gasteiger partial charge on any atom is 0.291 e. The Hall–Kier alpha value is -0.840. The van der Waals surface area contributed by atoms with Gasteiger partial charge < -0.3 is 11.4 Å². The lowest BCUT2D eigenvalue weighted by Crippen LogP contribution is -1.81. The van der Waals surface area contributed by atoms with Gasteiger partial charge in [0.25, 0.3) is 5.09 Å². The maximum absolute atomic E-state index is 8.36. The number of quaternary nitrogens is 1. The molecule has 5 heavy (non-hydrogen) atoms. The van der Waals surface area contributed by atoms with Gasteiger partial charge in [-0.05, 0) is 0 Å². The molecule has 0 aliphatic carbocycles. The first kappa shape index (κ1) is 8.90. The number of hydrogen-bond donors (Lipinski definition) is 2. The van der Waals surface area contributed by atoms with Crippen molar-refractivity contribution in [2.45, 2.75) is 0 Å². The highest BCUT2D eigenvalue weighted by Gasteiger charge is 1.65. The molecule has 0 aliphatic heterocycles. The molecule has 0 unspecified atom stereocenters. The van der Waals surface area contributed by atoms with Gasteiger partial charge in [0.1, 0.15) is 0 Å². The standard InChI is InChI=1S/HNO3.H3N/c2-1(3)4;/h(H,2,3,4);1H3/p+1.